The zero-order valence-electron chi connectivity index (χ0n) is 19.1. The molecule has 8 heteroatoms. The number of aryl methyl sites for hydroxylation is 1. The maximum Gasteiger partial charge on any atom is 0.244 e. The van der Waals surface area contributed by atoms with Gasteiger partial charge in [-0.25, -0.2) is 12.8 Å². The molecule has 0 spiro atoms. The summed E-state index contributed by atoms with van der Waals surface area (Å²) in [7, 11) is -2.20. The number of nitrogens with one attached hydrogen (secondary N) is 1. The van der Waals surface area contributed by atoms with Gasteiger partial charge in [0.2, 0.25) is 15.9 Å². The SMILES string of the molecule is COc1cc(C)c([C@H](C)NC(=O)[C@H](C)N(c2cccc(F)c2)S(C)(=O)=O)cc1C(C)C. The van der Waals surface area contributed by atoms with Crippen molar-refractivity contribution in [1.82, 2.24) is 5.32 Å². The lowest BCUT2D eigenvalue weighted by Gasteiger charge is -2.29. The predicted octanol–water partition coefficient (Wildman–Crippen LogP) is 4.30. The molecular formula is C23H31FN2O4S. The van der Waals surface area contributed by atoms with Crippen LogP contribution in [0.15, 0.2) is 36.4 Å². The van der Waals surface area contributed by atoms with E-state index in [0.29, 0.717) is 0 Å². The summed E-state index contributed by atoms with van der Waals surface area (Å²) < 4.78 is 44.9. The van der Waals surface area contributed by atoms with E-state index in [-0.39, 0.29) is 17.6 Å². The number of halogens is 1. The van der Waals surface area contributed by atoms with E-state index in [9.17, 15) is 17.6 Å². The predicted molar refractivity (Wildman–Crippen MR) is 122 cm³/mol. The summed E-state index contributed by atoms with van der Waals surface area (Å²) in [6.07, 6.45) is 0.994. The lowest BCUT2D eigenvalue weighted by Crippen LogP contribution is -2.48. The average molecular weight is 451 g/mol. The largest absolute Gasteiger partial charge is 0.496 e. The zero-order chi connectivity index (χ0) is 23.5. The van der Waals surface area contributed by atoms with Crippen molar-refractivity contribution in [2.45, 2.75) is 52.6 Å². The molecule has 1 amide bonds. The molecule has 2 aromatic carbocycles. The van der Waals surface area contributed by atoms with Crippen molar-refractivity contribution in [3.63, 3.8) is 0 Å². The minimum Gasteiger partial charge on any atom is -0.496 e. The normalized spacial score (nSPS) is 13.6. The summed E-state index contributed by atoms with van der Waals surface area (Å²) in [5, 5.41) is 2.90. The summed E-state index contributed by atoms with van der Waals surface area (Å²) in [5.41, 5.74) is 2.99. The first-order chi connectivity index (χ1) is 14.4. The van der Waals surface area contributed by atoms with E-state index in [1.54, 1.807) is 7.11 Å². The van der Waals surface area contributed by atoms with Crippen LogP contribution in [0.4, 0.5) is 10.1 Å². The number of hydrogen-bond donors (Lipinski definition) is 1. The average Bonchev–Trinajstić information content (AvgIpc) is 2.66. The lowest BCUT2D eigenvalue weighted by molar-refractivity contribution is -0.122. The summed E-state index contributed by atoms with van der Waals surface area (Å²) in [4.78, 5) is 13.0. The van der Waals surface area contributed by atoms with Crippen molar-refractivity contribution < 1.29 is 22.3 Å². The highest BCUT2D eigenvalue weighted by molar-refractivity contribution is 7.92. The second-order valence-corrected chi connectivity index (χ2v) is 9.91. The number of carbonyl (C=O) groups excluding carboxylic acids is 1. The van der Waals surface area contributed by atoms with Crippen LogP contribution >= 0.6 is 0 Å². The minimum absolute atomic E-state index is 0.0977. The molecule has 0 aliphatic heterocycles. The summed E-state index contributed by atoms with van der Waals surface area (Å²) in [6.45, 7) is 9.38. The fourth-order valence-corrected chi connectivity index (χ4v) is 4.81. The molecule has 0 radical (unpaired) electrons. The van der Waals surface area contributed by atoms with Crippen LogP contribution in [0.2, 0.25) is 0 Å². The molecule has 6 nitrogen and oxygen atoms in total. The smallest absolute Gasteiger partial charge is 0.244 e. The van der Waals surface area contributed by atoms with Crippen molar-refractivity contribution in [3.8, 4) is 5.75 Å². The number of ether oxygens (including phenoxy) is 1. The van der Waals surface area contributed by atoms with Crippen LogP contribution in [0.3, 0.4) is 0 Å². The van der Waals surface area contributed by atoms with Crippen LogP contribution in [0.25, 0.3) is 0 Å². The van der Waals surface area contributed by atoms with Crippen LogP contribution in [0.1, 0.15) is 56.3 Å². The standard InChI is InChI=1S/C23H31FN2O4S/c1-14(2)20-13-21(15(3)11-22(20)30-6)16(4)25-23(27)17(5)26(31(7,28)29)19-10-8-9-18(24)12-19/h8-14,16-17H,1-7H3,(H,25,27)/t16-,17-/m0/s1. The first kappa shape index (κ1) is 24.7. The van der Waals surface area contributed by atoms with Gasteiger partial charge in [0, 0.05) is 0 Å². The number of methoxy groups -OCH3 is 1. The highest BCUT2D eigenvalue weighted by atomic mass is 32.2. The number of amides is 1. The number of sulfonamides is 1. The van der Waals surface area contributed by atoms with Crippen molar-refractivity contribution in [2.75, 3.05) is 17.7 Å². The minimum atomic E-state index is -3.83. The highest BCUT2D eigenvalue weighted by Crippen LogP contribution is 2.32. The van der Waals surface area contributed by atoms with Crippen molar-refractivity contribution in [1.29, 1.82) is 0 Å². The van der Waals surface area contributed by atoms with E-state index in [4.69, 9.17) is 4.74 Å². The van der Waals surface area contributed by atoms with Gasteiger partial charge in [-0.15, -0.1) is 0 Å². The van der Waals surface area contributed by atoms with E-state index < -0.39 is 27.8 Å². The maximum absolute atomic E-state index is 13.7. The first-order valence-corrected chi connectivity index (χ1v) is 11.9. The van der Waals surface area contributed by atoms with Gasteiger partial charge in [-0.1, -0.05) is 19.9 Å². The highest BCUT2D eigenvalue weighted by Gasteiger charge is 2.30. The second kappa shape index (κ2) is 9.68. The van der Waals surface area contributed by atoms with Gasteiger partial charge in [0.1, 0.15) is 17.6 Å². The molecule has 0 aromatic heterocycles. The lowest BCUT2D eigenvalue weighted by atomic mass is 9.93. The Hall–Kier alpha value is -2.61. The molecule has 0 aliphatic carbocycles. The topological polar surface area (TPSA) is 75.7 Å². The third kappa shape index (κ3) is 5.76. The Morgan fingerprint density at radius 2 is 1.74 bits per heavy atom. The van der Waals surface area contributed by atoms with Crippen molar-refractivity contribution >= 4 is 21.6 Å². The van der Waals surface area contributed by atoms with Crippen LogP contribution in [-0.2, 0) is 14.8 Å². The maximum atomic E-state index is 13.7. The van der Waals surface area contributed by atoms with Gasteiger partial charge in [0.15, 0.2) is 0 Å². The molecule has 31 heavy (non-hydrogen) atoms. The van der Waals surface area contributed by atoms with E-state index >= 15 is 0 Å². The zero-order valence-corrected chi connectivity index (χ0v) is 19.9. The van der Waals surface area contributed by atoms with E-state index in [0.717, 1.165) is 39.1 Å². The van der Waals surface area contributed by atoms with Crippen molar-refractivity contribution in [2.24, 2.45) is 0 Å². The fourth-order valence-electron chi connectivity index (χ4n) is 3.64. The van der Waals surface area contributed by atoms with E-state index in [1.165, 1.54) is 25.1 Å². The molecule has 0 fully saturated rings. The number of nitrogens with zero attached hydrogens (tertiary/aromatic N) is 1. The molecule has 0 heterocycles. The number of rotatable bonds is 8. The van der Waals surface area contributed by atoms with Crippen LogP contribution in [-0.4, -0.2) is 33.7 Å². The van der Waals surface area contributed by atoms with Gasteiger partial charge >= 0.3 is 0 Å². The number of carbonyl (C=O) groups is 1. The molecule has 0 aliphatic rings. The molecule has 2 aromatic rings. The van der Waals surface area contributed by atoms with Gasteiger partial charge in [-0.3, -0.25) is 9.10 Å². The van der Waals surface area contributed by atoms with Gasteiger partial charge < -0.3 is 10.1 Å². The molecule has 1 N–H and O–H groups in total. The Kier molecular flexibility index (Phi) is 7.70. The third-order valence-corrected chi connectivity index (χ3v) is 6.46. The van der Waals surface area contributed by atoms with Gasteiger partial charge in [0.05, 0.1) is 25.1 Å². The number of benzene rings is 2. The Morgan fingerprint density at radius 3 is 2.26 bits per heavy atom. The Balaban J connectivity index is 2.33. The summed E-state index contributed by atoms with van der Waals surface area (Å²) >= 11 is 0. The molecule has 2 rings (SSSR count). The molecule has 0 unspecified atom stereocenters. The Morgan fingerprint density at radius 1 is 1.10 bits per heavy atom. The molecule has 2 atom stereocenters. The molecule has 0 bridgehead atoms. The van der Waals surface area contributed by atoms with E-state index in [2.05, 4.69) is 19.2 Å². The van der Waals surface area contributed by atoms with Gasteiger partial charge in [-0.05, 0) is 73.7 Å². The Labute approximate surface area is 184 Å². The second-order valence-electron chi connectivity index (χ2n) is 8.05. The van der Waals surface area contributed by atoms with Crippen LogP contribution in [0.5, 0.6) is 5.75 Å². The summed E-state index contributed by atoms with van der Waals surface area (Å²) in [6, 6.07) is 7.69. The van der Waals surface area contributed by atoms with Gasteiger partial charge in [0.25, 0.3) is 0 Å². The fraction of sp³-hybridized carbons (Fsp3) is 0.435. The summed E-state index contributed by atoms with van der Waals surface area (Å²) in [5.74, 6) is -0.0481. The van der Waals surface area contributed by atoms with E-state index in [1.807, 2.05) is 26.0 Å². The van der Waals surface area contributed by atoms with Gasteiger partial charge in [-0.2, -0.15) is 0 Å². The first-order valence-electron chi connectivity index (χ1n) is 10.1. The monoisotopic (exact) mass is 450 g/mol. The molecule has 0 saturated carbocycles. The molecular weight excluding hydrogens is 419 g/mol. The van der Waals surface area contributed by atoms with Crippen molar-refractivity contribution in [3.05, 3.63) is 58.9 Å². The molecule has 0 saturated heterocycles. The Bertz CT molecular complexity index is 1050. The quantitative estimate of drug-likeness (QED) is 0.651. The van der Waals surface area contributed by atoms with Crippen LogP contribution < -0.4 is 14.4 Å². The number of anilines is 1. The number of hydrogen-bond acceptors (Lipinski definition) is 4. The third-order valence-electron chi connectivity index (χ3n) is 5.22. The molecule has 170 valence electrons. The van der Waals surface area contributed by atoms with Crippen LogP contribution in [0, 0.1) is 12.7 Å².